The van der Waals surface area contributed by atoms with Gasteiger partial charge in [-0.05, 0) is 41.8 Å². The molecule has 3 aromatic rings. The van der Waals surface area contributed by atoms with Crippen molar-refractivity contribution in [3.8, 4) is 0 Å². The molecule has 3 aromatic carbocycles. The van der Waals surface area contributed by atoms with Gasteiger partial charge in [0.25, 0.3) is 5.91 Å². The van der Waals surface area contributed by atoms with Gasteiger partial charge in [0.2, 0.25) is 0 Å². The highest BCUT2D eigenvalue weighted by Crippen LogP contribution is 2.27. The Bertz CT molecular complexity index is 893. The van der Waals surface area contributed by atoms with Crippen LogP contribution in [0.5, 0.6) is 0 Å². The summed E-state index contributed by atoms with van der Waals surface area (Å²) in [6.07, 6.45) is 0. The Kier molecular flexibility index (Phi) is 5.42. The molecule has 0 saturated carbocycles. The maximum atomic E-state index is 12.8. The number of benzene rings is 3. The third kappa shape index (κ3) is 4.04. The molecule has 3 rings (SSSR count). The zero-order chi connectivity index (χ0) is 17.8. The molecule has 126 valence electrons. The summed E-state index contributed by atoms with van der Waals surface area (Å²) in [5, 5.41) is 3.94. The zero-order valence-corrected chi connectivity index (χ0v) is 15.2. The molecule has 0 unspecified atom stereocenters. The molecular weight excluding hydrogens is 353 g/mol. The fourth-order valence-corrected chi connectivity index (χ4v) is 3.27. The highest BCUT2D eigenvalue weighted by molar-refractivity contribution is 6.36. The monoisotopic (exact) mass is 369 g/mol. The minimum absolute atomic E-state index is 0.237. The van der Waals surface area contributed by atoms with Crippen molar-refractivity contribution in [2.75, 3.05) is 0 Å². The number of hydrogen-bond acceptors (Lipinski definition) is 1. The maximum absolute atomic E-state index is 12.8. The van der Waals surface area contributed by atoms with E-state index in [1.54, 1.807) is 18.2 Å². The minimum atomic E-state index is -0.262. The molecule has 1 N–H and O–H groups in total. The Morgan fingerprint density at radius 1 is 0.920 bits per heavy atom. The van der Waals surface area contributed by atoms with Gasteiger partial charge in [-0.15, -0.1) is 0 Å². The highest BCUT2D eigenvalue weighted by atomic mass is 35.5. The second-order valence-electron chi connectivity index (χ2n) is 5.80. The van der Waals surface area contributed by atoms with Gasteiger partial charge in [-0.1, -0.05) is 77.8 Å². The van der Waals surface area contributed by atoms with E-state index >= 15 is 0 Å². The average molecular weight is 370 g/mol. The Balaban J connectivity index is 1.98. The first-order valence-corrected chi connectivity index (χ1v) is 8.68. The van der Waals surface area contributed by atoms with Gasteiger partial charge in [-0.3, -0.25) is 4.79 Å². The van der Waals surface area contributed by atoms with Crippen molar-refractivity contribution in [2.24, 2.45) is 0 Å². The van der Waals surface area contributed by atoms with Crippen LogP contribution in [0.25, 0.3) is 0 Å². The molecule has 0 heterocycles. The van der Waals surface area contributed by atoms with Crippen LogP contribution < -0.4 is 5.32 Å². The standard InChI is InChI=1S/C21H17Cl2NO/c1-14-7-5-6-10-17(14)20(15-8-3-2-4-9-15)24-21(25)18-12-11-16(22)13-19(18)23/h2-13,20H,1H3,(H,24,25)/t20-/m1/s1. The molecule has 0 spiro atoms. The summed E-state index contributed by atoms with van der Waals surface area (Å²) in [4.78, 5) is 12.8. The summed E-state index contributed by atoms with van der Waals surface area (Å²) in [6, 6.07) is 22.5. The molecule has 0 aliphatic carbocycles. The van der Waals surface area contributed by atoms with Gasteiger partial charge < -0.3 is 5.32 Å². The molecule has 0 bridgehead atoms. The first-order chi connectivity index (χ1) is 12.1. The quantitative estimate of drug-likeness (QED) is 0.616. The summed E-state index contributed by atoms with van der Waals surface area (Å²) in [7, 11) is 0. The Morgan fingerprint density at radius 3 is 2.28 bits per heavy atom. The van der Waals surface area contributed by atoms with Gasteiger partial charge >= 0.3 is 0 Å². The molecule has 0 aliphatic heterocycles. The van der Waals surface area contributed by atoms with Crippen LogP contribution in [-0.2, 0) is 0 Å². The Labute approximate surface area is 157 Å². The largest absolute Gasteiger partial charge is 0.341 e. The number of hydrogen-bond donors (Lipinski definition) is 1. The lowest BCUT2D eigenvalue weighted by Gasteiger charge is -2.22. The minimum Gasteiger partial charge on any atom is -0.341 e. The number of nitrogens with one attached hydrogen (secondary N) is 1. The summed E-state index contributed by atoms with van der Waals surface area (Å²) < 4.78 is 0. The molecular formula is C21H17Cl2NO. The third-order valence-electron chi connectivity index (χ3n) is 4.08. The van der Waals surface area contributed by atoms with Crippen molar-refractivity contribution in [1.82, 2.24) is 5.32 Å². The second kappa shape index (κ2) is 7.73. The summed E-state index contributed by atoms with van der Waals surface area (Å²) >= 11 is 12.1. The molecule has 1 atom stereocenters. The SMILES string of the molecule is Cc1ccccc1[C@H](NC(=O)c1ccc(Cl)cc1Cl)c1ccccc1. The molecule has 4 heteroatoms. The van der Waals surface area contributed by atoms with Gasteiger partial charge in [0, 0.05) is 5.02 Å². The lowest BCUT2D eigenvalue weighted by molar-refractivity contribution is 0.0943. The summed E-state index contributed by atoms with van der Waals surface area (Å²) in [5.74, 6) is -0.237. The van der Waals surface area contributed by atoms with E-state index in [1.165, 1.54) is 0 Å². The van der Waals surface area contributed by atoms with Crippen LogP contribution >= 0.6 is 23.2 Å². The molecule has 1 amide bonds. The molecule has 0 aromatic heterocycles. The lowest BCUT2D eigenvalue weighted by Crippen LogP contribution is -2.30. The molecule has 0 aliphatic rings. The van der Waals surface area contributed by atoms with Crippen molar-refractivity contribution in [3.05, 3.63) is 105 Å². The van der Waals surface area contributed by atoms with E-state index in [9.17, 15) is 4.79 Å². The van der Waals surface area contributed by atoms with E-state index in [4.69, 9.17) is 23.2 Å². The van der Waals surface area contributed by atoms with Crippen molar-refractivity contribution < 1.29 is 4.79 Å². The van der Waals surface area contributed by atoms with E-state index in [2.05, 4.69) is 5.32 Å². The Morgan fingerprint density at radius 2 is 1.60 bits per heavy atom. The van der Waals surface area contributed by atoms with E-state index in [1.807, 2.05) is 61.5 Å². The van der Waals surface area contributed by atoms with Crippen molar-refractivity contribution in [1.29, 1.82) is 0 Å². The topological polar surface area (TPSA) is 29.1 Å². The average Bonchev–Trinajstić information content (AvgIpc) is 2.61. The van der Waals surface area contributed by atoms with E-state index in [0.29, 0.717) is 15.6 Å². The van der Waals surface area contributed by atoms with E-state index < -0.39 is 0 Å². The predicted molar refractivity (Wildman–Crippen MR) is 103 cm³/mol. The van der Waals surface area contributed by atoms with Crippen molar-refractivity contribution in [2.45, 2.75) is 13.0 Å². The van der Waals surface area contributed by atoms with Crippen LogP contribution in [0.3, 0.4) is 0 Å². The van der Waals surface area contributed by atoms with Crippen LogP contribution in [0.15, 0.2) is 72.8 Å². The predicted octanol–water partition coefficient (Wildman–Crippen LogP) is 5.82. The van der Waals surface area contributed by atoms with Gasteiger partial charge in [-0.25, -0.2) is 0 Å². The number of amides is 1. The maximum Gasteiger partial charge on any atom is 0.253 e. The highest BCUT2D eigenvalue weighted by Gasteiger charge is 2.20. The van der Waals surface area contributed by atoms with Crippen LogP contribution in [0.4, 0.5) is 0 Å². The van der Waals surface area contributed by atoms with Crippen LogP contribution in [0.2, 0.25) is 10.0 Å². The van der Waals surface area contributed by atoms with Gasteiger partial charge in [0.15, 0.2) is 0 Å². The molecule has 0 fully saturated rings. The normalized spacial score (nSPS) is 11.8. The first-order valence-electron chi connectivity index (χ1n) is 7.92. The fourth-order valence-electron chi connectivity index (χ4n) is 2.78. The lowest BCUT2D eigenvalue weighted by atomic mass is 9.94. The zero-order valence-electron chi connectivity index (χ0n) is 13.7. The van der Waals surface area contributed by atoms with Crippen molar-refractivity contribution in [3.63, 3.8) is 0 Å². The van der Waals surface area contributed by atoms with Crippen LogP contribution in [0.1, 0.15) is 33.1 Å². The van der Waals surface area contributed by atoms with Crippen molar-refractivity contribution >= 4 is 29.1 Å². The van der Waals surface area contributed by atoms with Gasteiger partial charge in [-0.2, -0.15) is 0 Å². The van der Waals surface area contributed by atoms with Gasteiger partial charge in [0.05, 0.1) is 16.6 Å². The summed E-state index contributed by atoms with van der Waals surface area (Å²) in [6.45, 7) is 2.03. The van der Waals surface area contributed by atoms with Crippen LogP contribution in [-0.4, -0.2) is 5.91 Å². The summed E-state index contributed by atoms with van der Waals surface area (Å²) in [5.41, 5.74) is 3.57. The number of halogens is 2. The molecule has 0 saturated heterocycles. The third-order valence-corrected chi connectivity index (χ3v) is 4.63. The van der Waals surface area contributed by atoms with Crippen LogP contribution in [0, 0.1) is 6.92 Å². The van der Waals surface area contributed by atoms with Gasteiger partial charge in [0.1, 0.15) is 0 Å². The number of carbonyl (C=O) groups is 1. The number of rotatable bonds is 4. The smallest absolute Gasteiger partial charge is 0.253 e. The van der Waals surface area contributed by atoms with E-state index in [0.717, 1.165) is 16.7 Å². The molecule has 2 nitrogen and oxygen atoms in total. The fraction of sp³-hybridized carbons (Fsp3) is 0.0952. The molecule has 25 heavy (non-hydrogen) atoms. The second-order valence-corrected chi connectivity index (χ2v) is 6.64. The Hall–Kier alpha value is -2.29. The number of carbonyl (C=O) groups excluding carboxylic acids is 1. The molecule has 0 radical (unpaired) electrons. The first kappa shape index (κ1) is 17.5. The number of aryl methyl sites for hydroxylation is 1. The van der Waals surface area contributed by atoms with E-state index in [-0.39, 0.29) is 11.9 Å².